The SMILES string of the molecule is COc1ccc(S(=O)(=O)N2C(C)CNCC2CCc2c(F)cccc2NC(=O)CC(c2cccc(Cl)c2)C(C)C)cc1. The van der Waals surface area contributed by atoms with Crippen molar-refractivity contribution >= 4 is 33.2 Å². The van der Waals surface area contributed by atoms with Gasteiger partial charge in [0, 0.05) is 47.9 Å². The molecule has 3 aromatic rings. The molecule has 0 aromatic heterocycles. The van der Waals surface area contributed by atoms with Crippen molar-refractivity contribution in [3.8, 4) is 5.75 Å². The molecule has 0 spiro atoms. The standard InChI is InChI=1S/C32H39ClFN3O4S/c1-21(2)29(23-7-5-8-24(33)17-23)18-32(38)36-31-10-6-9-30(34)28(31)16-11-25-20-35-19-22(3)37(25)42(39,40)27-14-12-26(41-4)13-15-27/h5-10,12-15,17,21-22,25,29,35H,11,16,18-20H2,1-4H3,(H,36,38). The van der Waals surface area contributed by atoms with Crippen LogP contribution in [-0.4, -0.2) is 50.9 Å². The Labute approximate surface area is 253 Å². The molecule has 3 atom stereocenters. The number of piperazine rings is 1. The van der Waals surface area contributed by atoms with Crippen LogP contribution in [0.15, 0.2) is 71.6 Å². The molecule has 10 heteroatoms. The Morgan fingerprint density at radius 2 is 1.83 bits per heavy atom. The van der Waals surface area contributed by atoms with Crippen LogP contribution in [0.2, 0.25) is 5.02 Å². The number of methoxy groups -OCH3 is 1. The zero-order valence-corrected chi connectivity index (χ0v) is 26.0. The molecule has 1 amide bonds. The Morgan fingerprint density at radius 3 is 2.50 bits per heavy atom. The summed E-state index contributed by atoms with van der Waals surface area (Å²) >= 11 is 6.20. The number of amides is 1. The molecule has 7 nitrogen and oxygen atoms in total. The predicted molar refractivity (Wildman–Crippen MR) is 165 cm³/mol. The van der Waals surface area contributed by atoms with E-state index in [4.69, 9.17) is 16.3 Å². The number of hydrogen-bond acceptors (Lipinski definition) is 5. The van der Waals surface area contributed by atoms with E-state index in [9.17, 15) is 13.2 Å². The number of ether oxygens (including phenoxy) is 1. The van der Waals surface area contributed by atoms with Gasteiger partial charge >= 0.3 is 0 Å². The van der Waals surface area contributed by atoms with E-state index in [2.05, 4.69) is 24.5 Å². The highest BCUT2D eigenvalue weighted by atomic mass is 35.5. The molecule has 42 heavy (non-hydrogen) atoms. The molecule has 1 fully saturated rings. The molecule has 0 aliphatic carbocycles. The summed E-state index contributed by atoms with van der Waals surface area (Å²) in [6, 6.07) is 17.7. The molecule has 1 aliphatic rings. The van der Waals surface area contributed by atoms with Gasteiger partial charge in [0.15, 0.2) is 0 Å². The normalized spacial score (nSPS) is 18.5. The highest BCUT2D eigenvalue weighted by molar-refractivity contribution is 7.89. The molecule has 3 unspecified atom stereocenters. The summed E-state index contributed by atoms with van der Waals surface area (Å²) in [6.07, 6.45) is 0.831. The Morgan fingerprint density at radius 1 is 1.12 bits per heavy atom. The molecule has 1 heterocycles. The number of hydrogen-bond donors (Lipinski definition) is 2. The van der Waals surface area contributed by atoms with Crippen molar-refractivity contribution < 1.29 is 22.3 Å². The van der Waals surface area contributed by atoms with Crippen LogP contribution in [-0.2, 0) is 21.2 Å². The molecule has 0 radical (unpaired) electrons. The highest BCUT2D eigenvalue weighted by Gasteiger charge is 2.38. The van der Waals surface area contributed by atoms with E-state index in [1.54, 1.807) is 30.3 Å². The van der Waals surface area contributed by atoms with Gasteiger partial charge in [0.1, 0.15) is 11.6 Å². The zero-order valence-electron chi connectivity index (χ0n) is 24.4. The molecule has 4 rings (SSSR count). The van der Waals surface area contributed by atoms with Crippen LogP contribution in [0.3, 0.4) is 0 Å². The van der Waals surface area contributed by atoms with Crippen LogP contribution in [0, 0.1) is 11.7 Å². The van der Waals surface area contributed by atoms with Gasteiger partial charge in [-0.25, -0.2) is 12.8 Å². The molecule has 2 N–H and O–H groups in total. The van der Waals surface area contributed by atoms with E-state index in [-0.39, 0.29) is 41.5 Å². The third-order valence-corrected chi connectivity index (χ3v) is 10.2. The maximum Gasteiger partial charge on any atom is 0.243 e. The van der Waals surface area contributed by atoms with Gasteiger partial charge in [-0.2, -0.15) is 4.31 Å². The summed E-state index contributed by atoms with van der Waals surface area (Å²) in [5, 5.41) is 6.84. The summed E-state index contributed by atoms with van der Waals surface area (Å²) in [7, 11) is -2.29. The van der Waals surface area contributed by atoms with Gasteiger partial charge in [0.2, 0.25) is 15.9 Å². The lowest BCUT2D eigenvalue weighted by Gasteiger charge is -2.40. The average Bonchev–Trinajstić information content (AvgIpc) is 2.95. The number of nitrogens with one attached hydrogen (secondary N) is 2. The number of sulfonamides is 1. The number of nitrogens with zero attached hydrogens (tertiary/aromatic N) is 1. The third-order valence-electron chi connectivity index (χ3n) is 7.86. The Bertz CT molecular complexity index is 1480. The second-order valence-electron chi connectivity index (χ2n) is 11.1. The van der Waals surface area contributed by atoms with Crippen LogP contribution in [0.1, 0.15) is 50.7 Å². The van der Waals surface area contributed by atoms with Crippen molar-refractivity contribution in [2.45, 2.75) is 62.9 Å². The van der Waals surface area contributed by atoms with Gasteiger partial charge in [0.05, 0.1) is 12.0 Å². The second kappa shape index (κ2) is 14.0. The number of benzene rings is 3. The second-order valence-corrected chi connectivity index (χ2v) is 13.4. The van der Waals surface area contributed by atoms with Gasteiger partial charge < -0.3 is 15.4 Å². The number of rotatable bonds is 11. The van der Waals surface area contributed by atoms with Crippen molar-refractivity contribution in [1.82, 2.24) is 9.62 Å². The van der Waals surface area contributed by atoms with E-state index in [0.717, 1.165) is 5.56 Å². The topological polar surface area (TPSA) is 87.7 Å². The lowest BCUT2D eigenvalue weighted by atomic mass is 9.85. The zero-order chi connectivity index (χ0) is 30.4. The third kappa shape index (κ3) is 7.50. The van der Waals surface area contributed by atoms with E-state index >= 15 is 4.39 Å². The predicted octanol–water partition coefficient (Wildman–Crippen LogP) is 6.24. The van der Waals surface area contributed by atoms with E-state index in [1.165, 1.54) is 29.6 Å². The van der Waals surface area contributed by atoms with E-state index in [1.807, 2.05) is 25.1 Å². The summed E-state index contributed by atoms with van der Waals surface area (Å²) in [6.45, 7) is 6.91. The van der Waals surface area contributed by atoms with Crippen molar-refractivity contribution in [2.24, 2.45) is 5.92 Å². The highest BCUT2D eigenvalue weighted by Crippen LogP contribution is 2.32. The smallest absolute Gasteiger partial charge is 0.243 e. The van der Waals surface area contributed by atoms with Crippen LogP contribution < -0.4 is 15.4 Å². The monoisotopic (exact) mass is 615 g/mol. The van der Waals surface area contributed by atoms with Gasteiger partial charge in [-0.3, -0.25) is 4.79 Å². The largest absolute Gasteiger partial charge is 0.497 e. The molecular formula is C32H39ClFN3O4S. The average molecular weight is 616 g/mol. The van der Waals surface area contributed by atoms with E-state index < -0.39 is 21.9 Å². The number of halogens is 2. The van der Waals surface area contributed by atoms with Crippen LogP contribution in [0.5, 0.6) is 5.75 Å². The lowest BCUT2D eigenvalue weighted by Crippen LogP contribution is -2.58. The fraction of sp³-hybridized carbons (Fsp3) is 0.406. The minimum Gasteiger partial charge on any atom is -0.497 e. The summed E-state index contributed by atoms with van der Waals surface area (Å²) < 4.78 is 49.3. The first-order chi connectivity index (χ1) is 20.0. The summed E-state index contributed by atoms with van der Waals surface area (Å²) in [4.78, 5) is 13.4. The first kappa shape index (κ1) is 31.9. The molecule has 1 saturated heterocycles. The minimum absolute atomic E-state index is 0.0628. The maximum absolute atomic E-state index is 15.2. The Hall–Kier alpha value is -2.98. The first-order valence-electron chi connectivity index (χ1n) is 14.2. The molecule has 0 saturated carbocycles. The quantitative estimate of drug-likeness (QED) is 0.267. The number of anilines is 1. The summed E-state index contributed by atoms with van der Waals surface area (Å²) in [5.41, 5.74) is 1.73. The Balaban J connectivity index is 1.51. The fourth-order valence-corrected chi connectivity index (χ4v) is 7.69. The molecule has 3 aromatic carbocycles. The number of carbonyl (C=O) groups is 1. The minimum atomic E-state index is -3.82. The molecule has 0 bridgehead atoms. The lowest BCUT2D eigenvalue weighted by molar-refractivity contribution is -0.116. The first-order valence-corrected chi connectivity index (χ1v) is 16.0. The van der Waals surface area contributed by atoms with E-state index in [0.29, 0.717) is 41.5 Å². The van der Waals surface area contributed by atoms with Crippen LogP contribution in [0.25, 0.3) is 0 Å². The van der Waals surface area contributed by atoms with Gasteiger partial charge in [-0.1, -0.05) is 43.6 Å². The molecule has 226 valence electrons. The van der Waals surface area contributed by atoms with Crippen LogP contribution in [0.4, 0.5) is 10.1 Å². The van der Waals surface area contributed by atoms with Gasteiger partial charge in [-0.05, 0) is 85.7 Å². The molecular weight excluding hydrogens is 577 g/mol. The maximum atomic E-state index is 15.2. The summed E-state index contributed by atoms with van der Waals surface area (Å²) in [5.74, 6) is 0.0229. The van der Waals surface area contributed by atoms with Gasteiger partial charge in [0.25, 0.3) is 0 Å². The van der Waals surface area contributed by atoms with Crippen molar-refractivity contribution in [1.29, 1.82) is 0 Å². The Kier molecular flexibility index (Phi) is 10.6. The fourth-order valence-electron chi connectivity index (χ4n) is 5.65. The van der Waals surface area contributed by atoms with Crippen molar-refractivity contribution in [3.63, 3.8) is 0 Å². The van der Waals surface area contributed by atoms with Crippen molar-refractivity contribution in [3.05, 3.63) is 88.7 Å². The molecule has 1 aliphatic heterocycles. The van der Waals surface area contributed by atoms with Gasteiger partial charge in [-0.15, -0.1) is 0 Å². The number of carbonyl (C=O) groups excluding carboxylic acids is 1. The van der Waals surface area contributed by atoms with Crippen LogP contribution >= 0.6 is 11.6 Å². The van der Waals surface area contributed by atoms with Crippen molar-refractivity contribution in [2.75, 3.05) is 25.5 Å².